The Morgan fingerprint density at radius 1 is 1.11 bits per heavy atom. The van der Waals surface area contributed by atoms with Crippen molar-refractivity contribution in [2.75, 3.05) is 21.2 Å². The van der Waals surface area contributed by atoms with E-state index in [0.29, 0.717) is 17.9 Å². The molecule has 7 nitrogen and oxygen atoms in total. The van der Waals surface area contributed by atoms with Crippen molar-refractivity contribution in [2.24, 2.45) is 5.92 Å². The minimum Gasteiger partial charge on any atom is -0.467 e. The maximum Gasteiger partial charge on any atom is 0.328 e. The van der Waals surface area contributed by atoms with Gasteiger partial charge in [0.1, 0.15) is 6.04 Å². The first kappa shape index (κ1) is 19.8. The Labute approximate surface area is 160 Å². The second kappa shape index (κ2) is 7.59. The summed E-state index contributed by atoms with van der Waals surface area (Å²) in [5, 5.41) is 0. The molecule has 3 rings (SSSR count). The monoisotopic (exact) mass is 394 g/mol. The molecule has 2 aliphatic rings. The molecule has 0 radical (unpaired) electrons. The van der Waals surface area contributed by atoms with Crippen molar-refractivity contribution in [3.8, 4) is 0 Å². The number of hydrogen-bond donors (Lipinski definition) is 0. The predicted octanol–water partition coefficient (Wildman–Crippen LogP) is 1.88. The standard InChI is InChI=1S/C19H26N2O5S/c1-20(2)27(24,25)15-10-8-13(9-11-15)18(22)21-16-7-5-4-6-14(16)12-17(21)19(23)26-3/h8-11,14,16-17H,4-7,12H2,1-3H3/t14-,16-,17-/m0/s1. The van der Waals surface area contributed by atoms with Crippen LogP contribution in [0.15, 0.2) is 29.2 Å². The fraction of sp³-hybridized carbons (Fsp3) is 0.579. The van der Waals surface area contributed by atoms with Crippen LogP contribution in [0, 0.1) is 5.92 Å². The SMILES string of the molecule is COC(=O)[C@@H]1C[C@@H]2CCCC[C@@H]2N1C(=O)c1ccc(S(=O)(=O)N(C)C)cc1. The van der Waals surface area contributed by atoms with E-state index in [1.807, 2.05) is 0 Å². The van der Waals surface area contributed by atoms with Crippen molar-refractivity contribution in [1.29, 1.82) is 0 Å². The van der Waals surface area contributed by atoms with E-state index in [4.69, 9.17) is 4.74 Å². The number of carbonyl (C=O) groups is 2. The number of ether oxygens (including phenoxy) is 1. The Morgan fingerprint density at radius 2 is 1.74 bits per heavy atom. The fourth-order valence-corrected chi connectivity index (χ4v) is 5.13. The molecular weight excluding hydrogens is 368 g/mol. The summed E-state index contributed by atoms with van der Waals surface area (Å²) in [5.74, 6) is -0.307. The maximum atomic E-state index is 13.2. The molecule has 0 bridgehead atoms. The Hall–Kier alpha value is -1.93. The van der Waals surface area contributed by atoms with Gasteiger partial charge in [0.25, 0.3) is 5.91 Å². The molecule has 1 heterocycles. The smallest absolute Gasteiger partial charge is 0.328 e. The van der Waals surface area contributed by atoms with E-state index >= 15 is 0 Å². The number of benzene rings is 1. The van der Waals surface area contributed by atoms with Crippen LogP contribution in [0.1, 0.15) is 42.5 Å². The van der Waals surface area contributed by atoms with Gasteiger partial charge in [-0.25, -0.2) is 17.5 Å². The molecular formula is C19H26N2O5S. The molecule has 1 saturated heterocycles. The molecule has 2 fully saturated rings. The molecule has 1 aliphatic carbocycles. The zero-order valence-corrected chi connectivity index (χ0v) is 16.7. The molecule has 0 spiro atoms. The van der Waals surface area contributed by atoms with E-state index in [1.165, 1.54) is 45.5 Å². The molecule has 148 valence electrons. The average molecular weight is 394 g/mol. The van der Waals surface area contributed by atoms with Gasteiger partial charge in [-0.3, -0.25) is 4.79 Å². The molecule has 1 amide bonds. The first-order chi connectivity index (χ1) is 12.8. The van der Waals surface area contributed by atoms with Crippen LogP contribution in [0.2, 0.25) is 0 Å². The summed E-state index contributed by atoms with van der Waals surface area (Å²) in [6.07, 6.45) is 4.70. The molecule has 1 saturated carbocycles. The van der Waals surface area contributed by atoms with E-state index < -0.39 is 16.1 Å². The highest BCUT2D eigenvalue weighted by molar-refractivity contribution is 7.89. The summed E-state index contributed by atoms with van der Waals surface area (Å²) in [4.78, 5) is 27.3. The highest BCUT2D eigenvalue weighted by atomic mass is 32.2. The number of amides is 1. The lowest BCUT2D eigenvalue weighted by molar-refractivity contribution is -0.145. The van der Waals surface area contributed by atoms with Gasteiger partial charge in [0.2, 0.25) is 10.0 Å². The zero-order chi connectivity index (χ0) is 19.8. The van der Waals surface area contributed by atoms with Gasteiger partial charge in [-0.15, -0.1) is 0 Å². The third-order valence-electron chi connectivity index (χ3n) is 5.68. The van der Waals surface area contributed by atoms with Crippen LogP contribution in [0.4, 0.5) is 0 Å². The minimum absolute atomic E-state index is 0.0422. The molecule has 1 aliphatic heterocycles. The van der Waals surface area contributed by atoms with Crippen LogP contribution in [-0.4, -0.2) is 62.8 Å². The zero-order valence-electron chi connectivity index (χ0n) is 15.9. The normalized spacial score (nSPS) is 25.3. The first-order valence-corrected chi connectivity index (χ1v) is 10.6. The van der Waals surface area contributed by atoms with Crippen LogP contribution in [-0.2, 0) is 19.6 Å². The molecule has 0 aromatic heterocycles. The number of carbonyl (C=O) groups excluding carboxylic acids is 2. The minimum atomic E-state index is -3.55. The lowest BCUT2D eigenvalue weighted by Gasteiger charge is -2.33. The number of methoxy groups -OCH3 is 1. The van der Waals surface area contributed by atoms with Crippen LogP contribution in [0.3, 0.4) is 0 Å². The van der Waals surface area contributed by atoms with Gasteiger partial charge in [0.05, 0.1) is 12.0 Å². The summed E-state index contributed by atoms with van der Waals surface area (Å²) in [6, 6.07) is 5.38. The van der Waals surface area contributed by atoms with E-state index in [9.17, 15) is 18.0 Å². The van der Waals surface area contributed by atoms with Crippen LogP contribution >= 0.6 is 0 Å². The van der Waals surface area contributed by atoms with Crippen LogP contribution in [0.5, 0.6) is 0 Å². The molecule has 0 unspecified atom stereocenters. The van der Waals surface area contributed by atoms with Gasteiger partial charge in [0, 0.05) is 25.7 Å². The third kappa shape index (κ3) is 3.60. The number of likely N-dealkylation sites (tertiary alicyclic amines) is 1. The number of fused-ring (bicyclic) bond motifs is 1. The summed E-state index contributed by atoms with van der Waals surface area (Å²) >= 11 is 0. The number of hydrogen-bond acceptors (Lipinski definition) is 5. The lowest BCUT2D eigenvalue weighted by Crippen LogP contribution is -2.46. The van der Waals surface area contributed by atoms with Crippen molar-refractivity contribution in [3.63, 3.8) is 0 Å². The molecule has 27 heavy (non-hydrogen) atoms. The number of esters is 1. The van der Waals surface area contributed by atoms with Gasteiger partial charge in [-0.2, -0.15) is 0 Å². The lowest BCUT2D eigenvalue weighted by atomic mass is 9.84. The van der Waals surface area contributed by atoms with E-state index in [2.05, 4.69) is 0 Å². The van der Waals surface area contributed by atoms with Crippen molar-refractivity contribution in [1.82, 2.24) is 9.21 Å². The Bertz CT molecular complexity index is 819. The predicted molar refractivity (Wildman–Crippen MR) is 99.7 cm³/mol. The number of nitrogens with zero attached hydrogens (tertiary/aromatic N) is 2. The summed E-state index contributed by atoms with van der Waals surface area (Å²) < 4.78 is 30.5. The van der Waals surface area contributed by atoms with E-state index in [-0.39, 0.29) is 22.8 Å². The van der Waals surface area contributed by atoms with Crippen molar-refractivity contribution in [3.05, 3.63) is 29.8 Å². The van der Waals surface area contributed by atoms with E-state index in [1.54, 1.807) is 4.90 Å². The number of rotatable bonds is 4. The van der Waals surface area contributed by atoms with E-state index in [0.717, 1.165) is 30.0 Å². The second-order valence-corrected chi connectivity index (χ2v) is 9.56. The van der Waals surface area contributed by atoms with Crippen LogP contribution in [0.25, 0.3) is 0 Å². The summed E-state index contributed by atoms with van der Waals surface area (Å²) in [7, 11) is 0.712. The topological polar surface area (TPSA) is 84.0 Å². The maximum absolute atomic E-state index is 13.2. The van der Waals surface area contributed by atoms with Gasteiger partial charge in [0.15, 0.2) is 0 Å². The van der Waals surface area contributed by atoms with Crippen molar-refractivity contribution in [2.45, 2.75) is 49.1 Å². The average Bonchev–Trinajstić information content (AvgIpc) is 3.06. The van der Waals surface area contributed by atoms with Gasteiger partial charge in [-0.05, 0) is 49.4 Å². The van der Waals surface area contributed by atoms with Gasteiger partial charge >= 0.3 is 5.97 Å². The quantitative estimate of drug-likeness (QED) is 0.728. The fourth-order valence-electron chi connectivity index (χ4n) is 4.23. The Morgan fingerprint density at radius 3 is 2.33 bits per heavy atom. The molecule has 1 aromatic carbocycles. The summed E-state index contributed by atoms with van der Waals surface area (Å²) in [6.45, 7) is 0. The largest absolute Gasteiger partial charge is 0.467 e. The van der Waals surface area contributed by atoms with Crippen LogP contribution < -0.4 is 0 Å². The Balaban J connectivity index is 1.89. The third-order valence-corrected chi connectivity index (χ3v) is 7.50. The molecule has 8 heteroatoms. The van der Waals surface area contributed by atoms with Crippen molar-refractivity contribution >= 4 is 21.9 Å². The van der Waals surface area contributed by atoms with Gasteiger partial charge < -0.3 is 9.64 Å². The van der Waals surface area contributed by atoms with Gasteiger partial charge in [-0.1, -0.05) is 12.8 Å². The number of sulfonamides is 1. The second-order valence-electron chi connectivity index (χ2n) is 7.41. The molecule has 3 atom stereocenters. The Kier molecular flexibility index (Phi) is 5.58. The first-order valence-electron chi connectivity index (χ1n) is 9.20. The molecule has 0 N–H and O–H groups in total. The molecule has 1 aromatic rings. The highest BCUT2D eigenvalue weighted by Crippen LogP contribution is 2.40. The highest BCUT2D eigenvalue weighted by Gasteiger charge is 2.48. The van der Waals surface area contributed by atoms with Crippen molar-refractivity contribution < 1.29 is 22.7 Å². The summed E-state index contributed by atoms with van der Waals surface area (Å²) in [5.41, 5.74) is 0.382.